The highest BCUT2D eigenvalue weighted by Crippen LogP contribution is 2.32. The van der Waals surface area contributed by atoms with Gasteiger partial charge >= 0.3 is 0 Å². The number of nitrogens with one attached hydrogen (secondary N) is 1. The van der Waals surface area contributed by atoms with E-state index in [0.29, 0.717) is 28.9 Å². The van der Waals surface area contributed by atoms with Crippen LogP contribution in [0.2, 0.25) is 0 Å². The minimum Gasteiger partial charge on any atom is -0.508 e. The first-order valence-electron chi connectivity index (χ1n) is 5.71. The van der Waals surface area contributed by atoms with Crippen molar-refractivity contribution < 1.29 is 15.4 Å². The van der Waals surface area contributed by atoms with Crippen LogP contribution in [0, 0.1) is 0 Å². The van der Waals surface area contributed by atoms with E-state index in [1.165, 1.54) is 17.4 Å². The predicted molar refractivity (Wildman–Crippen MR) is 74.1 cm³/mol. The van der Waals surface area contributed by atoms with E-state index >= 15 is 0 Å². The number of benzene rings is 1. The maximum Gasteiger partial charge on any atom is 0.128 e. The Kier molecular flexibility index (Phi) is 4.03. The van der Waals surface area contributed by atoms with Gasteiger partial charge < -0.3 is 10.2 Å². The van der Waals surface area contributed by atoms with Crippen molar-refractivity contribution in [2.24, 2.45) is 0 Å². The molecule has 1 aromatic heterocycles. The number of hydrogen-bond acceptors (Lipinski definition) is 6. The summed E-state index contributed by atoms with van der Waals surface area (Å²) in [6, 6.07) is 2.90. The Morgan fingerprint density at radius 3 is 2.74 bits per heavy atom. The van der Waals surface area contributed by atoms with Gasteiger partial charge in [-0.1, -0.05) is 6.92 Å². The van der Waals surface area contributed by atoms with Crippen LogP contribution in [0.3, 0.4) is 0 Å². The highest BCUT2D eigenvalue weighted by atomic mass is 32.1. The second-order valence-corrected chi connectivity index (χ2v) is 4.65. The van der Waals surface area contributed by atoms with Crippen LogP contribution in [0.25, 0.3) is 11.8 Å². The summed E-state index contributed by atoms with van der Waals surface area (Å²) in [5.41, 5.74) is 5.81. The number of thiazole rings is 1. The molecule has 0 bridgehead atoms. The molecule has 1 heterocycles. The van der Waals surface area contributed by atoms with Crippen molar-refractivity contribution >= 4 is 23.1 Å². The molecule has 4 N–H and O–H groups in total. The molecular weight excluding hydrogens is 264 g/mol. The zero-order valence-corrected chi connectivity index (χ0v) is 11.1. The standard InChI is InChI=1S/C13H14N2O3S/c1-2-8-3-10(13(17)5-12(8)16)11(15-18)4-9-6-19-7-14-9/h3-7,15-18H,2H2,1H3/b11-4-. The number of hydroxylamine groups is 1. The van der Waals surface area contributed by atoms with Gasteiger partial charge in [-0.15, -0.1) is 11.3 Å². The smallest absolute Gasteiger partial charge is 0.128 e. The highest BCUT2D eigenvalue weighted by molar-refractivity contribution is 7.07. The summed E-state index contributed by atoms with van der Waals surface area (Å²) in [4.78, 5) is 4.08. The summed E-state index contributed by atoms with van der Waals surface area (Å²) < 4.78 is 0. The van der Waals surface area contributed by atoms with Gasteiger partial charge in [-0.05, 0) is 24.1 Å². The van der Waals surface area contributed by atoms with Gasteiger partial charge in [0, 0.05) is 17.0 Å². The highest BCUT2D eigenvalue weighted by Gasteiger charge is 2.12. The van der Waals surface area contributed by atoms with Crippen molar-refractivity contribution in [3.63, 3.8) is 0 Å². The maximum absolute atomic E-state index is 9.87. The van der Waals surface area contributed by atoms with Crippen LogP contribution in [0.5, 0.6) is 11.5 Å². The zero-order valence-electron chi connectivity index (χ0n) is 10.3. The summed E-state index contributed by atoms with van der Waals surface area (Å²) >= 11 is 1.43. The van der Waals surface area contributed by atoms with E-state index in [2.05, 4.69) is 10.5 Å². The van der Waals surface area contributed by atoms with Gasteiger partial charge in [0.1, 0.15) is 11.5 Å². The van der Waals surface area contributed by atoms with E-state index in [9.17, 15) is 15.4 Å². The Labute approximate surface area is 114 Å². The molecule has 0 aliphatic carbocycles. The third-order valence-electron chi connectivity index (χ3n) is 2.73. The minimum absolute atomic E-state index is 0.0368. The molecule has 0 spiro atoms. The van der Waals surface area contributed by atoms with Gasteiger partial charge in [-0.2, -0.15) is 0 Å². The van der Waals surface area contributed by atoms with E-state index in [0.717, 1.165) is 0 Å². The summed E-state index contributed by atoms with van der Waals surface area (Å²) in [5.74, 6) is -0.0765. The van der Waals surface area contributed by atoms with Gasteiger partial charge in [-0.25, -0.2) is 4.98 Å². The Bertz CT molecular complexity index is 594. The number of aryl methyl sites for hydroxylation is 1. The van der Waals surface area contributed by atoms with Gasteiger partial charge in [0.2, 0.25) is 0 Å². The van der Waals surface area contributed by atoms with E-state index in [1.54, 1.807) is 17.7 Å². The molecule has 1 aromatic carbocycles. The molecule has 0 radical (unpaired) electrons. The van der Waals surface area contributed by atoms with Crippen molar-refractivity contribution in [3.8, 4) is 11.5 Å². The largest absolute Gasteiger partial charge is 0.508 e. The maximum atomic E-state index is 9.87. The molecule has 0 atom stereocenters. The molecule has 19 heavy (non-hydrogen) atoms. The van der Waals surface area contributed by atoms with Crippen LogP contribution in [0.15, 0.2) is 23.0 Å². The van der Waals surface area contributed by atoms with Crippen LogP contribution in [0.1, 0.15) is 23.7 Å². The second-order valence-electron chi connectivity index (χ2n) is 3.93. The van der Waals surface area contributed by atoms with E-state index in [-0.39, 0.29) is 11.5 Å². The predicted octanol–water partition coefficient (Wildman–Crippen LogP) is 2.59. The molecule has 0 saturated heterocycles. The fraction of sp³-hybridized carbons (Fsp3) is 0.154. The minimum atomic E-state index is -0.113. The Morgan fingerprint density at radius 1 is 1.37 bits per heavy atom. The lowest BCUT2D eigenvalue weighted by atomic mass is 10.0. The first-order valence-corrected chi connectivity index (χ1v) is 6.65. The normalized spacial score (nSPS) is 11.6. The molecule has 0 aliphatic heterocycles. The molecule has 2 rings (SSSR count). The summed E-state index contributed by atoms with van der Waals surface area (Å²) in [6.07, 6.45) is 2.23. The molecule has 0 amide bonds. The number of hydrogen-bond donors (Lipinski definition) is 4. The van der Waals surface area contributed by atoms with Crippen molar-refractivity contribution in [2.45, 2.75) is 13.3 Å². The molecular formula is C13H14N2O3S. The molecule has 0 aliphatic rings. The third-order valence-corrected chi connectivity index (χ3v) is 3.34. The third kappa shape index (κ3) is 2.86. The molecule has 6 heteroatoms. The zero-order chi connectivity index (χ0) is 13.8. The van der Waals surface area contributed by atoms with Crippen LogP contribution >= 0.6 is 11.3 Å². The van der Waals surface area contributed by atoms with Crippen molar-refractivity contribution in [3.05, 3.63) is 39.8 Å². The van der Waals surface area contributed by atoms with Gasteiger partial charge in [-0.3, -0.25) is 10.7 Å². The molecule has 0 saturated carbocycles. The van der Waals surface area contributed by atoms with Gasteiger partial charge in [0.15, 0.2) is 0 Å². The topological polar surface area (TPSA) is 85.6 Å². The van der Waals surface area contributed by atoms with Crippen molar-refractivity contribution in [1.29, 1.82) is 0 Å². The summed E-state index contributed by atoms with van der Waals surface area (Å²) in [6.45, 7) is 1.89. The monoisotopic (exact) mass is 278 g/mol. The average molecular weight is 278 g/mol. The molecule has 5 nitrogen and oxygen atoms in total. The SMILES string of the molecule is CCc1cc(/C(=C/c2cscn2)NO)c(O)cc1O. The molecule has 0 fully saturated rings. The molecule has 100 valence electrons. The van der Waals surface area contributed by atoms with Crippen LogP contribution < -0.4 is 5.48 Å². The van der Waals surface area contributed by atoms with E-state index in [4.69, 9.17) is 0 Å². The average Bonchev–Trinajstić information content (AvgIpc) is 2.89. The van der Waals surface area contributed by atoms with Crippen molar-refractivity contribution in [1.82, 2.24) is 10.5 Å². The Balaban J connectivity index is 2.49. The van der Waals surface area contributed by atoms with Crippen LogP contribution in [-0.4, -0.2) is 20.4 Å². The Hall–Kier alpha value is -2.05. The van der Waals surface area contributed by atoms with Crippen LogP contribution in [0.4, 0.5) is 0 Å². The lowest BCUT2D eigenvalue weighted by molar-refractivity contribution is 0.225. The number of aromatic nitrogens is 1. The van der Waals surface area contributed by atoms with Gasteiger partial charge in [0.25, 0.3) is 0 Å². The first-order chi connectivity index (χ1) is 9.15. The fourth-order valence-corrected chi connectivity index (χ4v) is 2.24. The van der Waals surface area contributed by atoms with E-state index < -0.39 is 0 Å². The molecule has 0 unspecified atom stereocenters. The number of nitrogens with zero attached hydrogens (tertiary/aromatic N) is 1. The summed E-state index contributed by atoms with van der Waals surface area (Å²) in [7, 11) is 0. The van der Waals surface area contributed by atoms with Gasteiger partial charge in [0.05, 0.1) is 16.9 Å². The lowest BCUT2D eigenvalue weighted by Gasteiger charge is -2.11. The fourth-order valence-electron chi connectivity index (χ4n) is 1.73. The number of rotatable bonds is 4. The van der Waals surface area contributed by atoms with E-state index in [1.807, 2.05) is 12.3 Å². The van der Waals surface area contributed by atoms with Crippen LogP contribution in [-0.2, 0) is 6.42 Å². The molecule has 2 aromatic rings. The lowest BCUT2D eigenvalue weighted by Crippen LogP contribution is -2.06. The number of phenols is 2. The first kappa shape index (κ1) is 13.4. The quantitative estimate of drug-likeness (QED) is 0.646. The number of aromatic hydroxyl groups is 2. The van der Waals surface area contributed by atoms with Crippen molar-refractivity contribution in [2.75, 3.05) is 0 Å². The summed E-state index contributed by atoms with van der Waals surface area (Å²) in [5, 5.41) is 30.6. The Morgan fingerprint density at radius 2 is 2.16 bits per heavy atom. The number of phenolic OH excluding ortho intramolecular Hbond substituents is 2. The second kappa shape index (κ2) is 5.73.